The Morgan fingerprint density at radius 1 is 1.11 bits per heavy atom. The molecule has 10 heteroatoms. The summed E-state index contributed by atoms with van der Waals surface area (Å²) in [5.74, 6) is -0.570. The molecule has 8 nitrogen and oxygen atoms in total. The quantitative estimate of drug-likeness (QED) is 0.483. The molecule has 0 spiro atoms. The van der Waals surface area contributed by atoms with Crippen LogP contribution < -0.4 is 9.64 Å². The van der Waals surface area contributed by atoms with Gasteiger partial charge in [0, 0.05) is 30.3 Å². The molecule has 2 aromatic carbocycles. The summed E-state index contributed by atoms with van der Waals surface area (Å²) in [7, 11) is -2.65. The second-order valence-corrected chi connectivity index (χ2v) is 12.4. The highest BCUT2D eigenvalue weighted by atomic mass is 35.5. The van der Waals surface area contributed by atoms with E-state index in [1.165, 1.54) is 25.7 Å². The minimum Gasteiger partial charge on any atom is -0.465 e. The Bertz CT molecular complexity index is 1350. The number of carbonyl (C=O) groups is 2. The first kappa shape index (κ1) is 26.0. The van der Waals surface area contributed by atoms with Gasteiger partial charge < -0.3 is 19.3 Å². The number of piperidine rings is 1. The number of likely N-dealkylation sites (tertiary alicyclic amines) is 1. The molecule has 0 unspecified atom stereocenters. The summed E-state index contributed by atoms with van der Waals surface area (Å²) in [6.45, 7) is 4.98. The minimum absolute atomic E-state index is 0.00238. The molecule has 5 rings (SSSR count). The maximum Gasteiger partial charge on any atom is 0.337 e. The Labute approximate surface area is 222 Å². The van der Waals surface area contributed by atoms with E-state index in [0.29, 0.717) is 23.4 Å². The van der Waals surface area contributed by atoms with Gasteiger partial charge in [0.25, 0.3) is 0 Å². The smallest absolute Gasteiger partial charge is 0.337 e. The standard InChI is InChI=1S/C27H31ClN2O6S/c1-17-12-19(27(32)35-2)14-23-24(17)36-25-20(16-37(23,33)34)13-21(15-22(25)28)30(26(31)18-6-7-18)11-10-29-8-4-3-5-9-29/h12-15,18H,3-11,16H2,1-2H3. The Morgan fingerprint density at radius 2 is 1.84 bits per heavy atom. The third-order valence-corrected chi connectivity index (χ3v) is 9.19. The lowest BCUT2D eigenvalue weighted by Gasteiger charge is -2.30. The molecule has 198 valence electrons. The van der Waals surface area contributed by atoms with Crippen molar-refractivity contribution in [2.75, 3.05) is 38.2 Å². The molecule has 0 N–H and O–H groups in total. The second-order valence-electron chi connectivity index (χ2n) is 10.1. The highest BCUT2D eigenvalue weighted by Gasteiger charge is 2.36. The molecule has 1 saturated carbocycles. The molecule has 1 saturated heterocycles. The lowest BCUT2D eigenvalue weighted by atomic mass is 10.1. The van der Waals surface area contributed by atoms with Gasteiger partial charge in [-0.15, -0.1) is 0 Å². The molecule has 0 radical (unpaired) electrons. The van der Waals surface area contributed by atoms with Gasteiger partial charge in [0.2, 0.25) is 5.91 Å². The fourth-order valence-electron chi connectivity index (χ4n) is 5.08. The summed E-state index contributed by atoms with van der Waals surface area (Å²) in [6.07, 6.45) is 5.29. The van der Waals surface area contributed by atoms with Gasteiger partial charge >= 0.3 is 5.97 Å². The van der Waals surface area contributed by atoms with Crippen LogP contribution in [-0.4, -0.2) is 58.5 Å². The molecule has 2 aromatic rings. The summed E-state index contributed by atoms with van der Waals surface area (Å²) in [6, 6.07) is 6.21. The van der Waals surface area contributed by atoms with Gasteiger partial charge in [-0.3, -0.25) is 4.79 Å². The van der Waals surface area contributed by atoms with E-state index in [1.54, 1.807) is 24.0 Å². The summed E-state index contributed by atoms with van der Waals surface area (Å²) in [5.41, 5.74) is 1.56. The number of nitrogens with zero attached hydrogens (tertiary/aromatic N) is 2. The maximum atomic E-state index is 13.5. The van der Waals surface area contributed by atoms with E-state index in [2.05, 4.69) is 4.90 Å². The number of benzene rings is 2. The van der Waals surface area contributed by atoms with Gasteiger partial charge in [-0.2, -0.15) is 0 Å². The number of esters is 1. The lowest BCUT2D eigenvalue weighted by Crippen LogP contribution is -2.41. The molecule has 2 aliphatic heterocycles. The summed E-state index contributed by atoms with van der Waals surface area (Å²) in [5, 5.41) is 0.235. The highest BCUT2D eigenvalue weighted by molar-refractivity contribution is 7.90. The van der Waals surface area contributed by atoms with E-state index in [0.717, 1.165) is 45.3 Å². The summed E-state index contributed by atoms with van der Waals surface area (Å²) >= 11 is 6.69. The normalized spacial score (nSPS) is 18.7. The monoisotopic (exact) mass is 546 g/mol. The van der Waals surface area contributed by atoms with Crippen molar-refractivity contribution in [1.82, 2.24) is 4.90 Å². The topological polar surface area (TPSA) is 93.2 Å². The van der Waals surface area contributed by atoms with Crippen LogP contribution in [0.25, 0.3) is 0 Å². The molecule has 37 heavy (non-hydrogen) atoms. The summed E-state index contributed by atoms with van der Waals surface area (Å²) in [4.78, 5) is 29.4. The Morgan fingerprint density at radius 3 is 2.51 bits per heavy atom. The van der Waals surface area contributed by atoms with E-state index in [1.807, 2.05) is 0 Å². The number of anilines is 1. The molecule has 2 fully saturated rings. The van der Waals surface area contributed by atoms with Crippen LogP contribution in [0.4, 0.5) is 5.69 Å². The predicted octanol–water partition coefficient (Wildman–Crippen LogP) is 4.74. The van der Waals surface area contributed by atoms with Crippen molar-refractivity contribution in [2.24, 2.45) is 5.92 Å². The van der Waals surface area contributed by atoms with E-state index in [-0.39, 0.29) is 44.6 Å². The van der Waals surface area contributed by atoms with Crippen molar-refractivity contribution >= 4 is 39.0 Å². The molecule has 0 atom stereocenters. The van der Waals surface area contributed by atoms with Gasteiger partial charge in [-0.1, -0.05) is 18.0 Å². The zero-order valence-corrected chi connectivity index (χ0v) is 22.7. The molecule has 1 aliphatic carbocycles. The number of ether oxygens (including phenoxy) is 2. The van der Waals surface area contributed by atoms with Crippen LogP contribution in [0.3, 0.4) is 0 Å². The van der Waals surface area contributed by atoms with Crippen LogP contribution in [-0.2, 0) is 25.1 Å². The van der Waals surface area contributed by atoms with Crippen molar-refractivity contribution in [1.29, 1.82) is 0 Å². The first-order chi connectivity index (χ1) is 17.7. The van der Waals surface area contributed by atoms with Gasteiger partial charge in [0.15, 0.2) is 9.84 Å². The zero-order chi connectivity index (χ0) is 26.3. The van der Waals surface area contributed by atoms with Crippen molar-refractivity contribution in [2.45, 2.75) is 49.7 Å². The summed E-state index contributed by atoms with van der Waals surface area (Å²) < 4.78 is 37.9. The Kier molecular flexibility index (Phi) is 7.22. The molecule has 3 aliphatic rings. The van der Waals surface area contributed by atoms with Crippen LogP contribution in [0.1, 0.15) is 53.6 Å². The number of halogens is 1. The number of hydrogen-bond donors (Lipinski definition) is 0. The number of sulfone groups is 1. The first-order valence-corrected chi connectivity index (χ1v) is 14.7. The minimum atomic E-state index is -3.89. The number of hydrogen-bond acceptors (Lipinski definition) is 7. The van der Waals surface area contributed by atoms with Gasteiger partial charge in [-0.05, 0) is 75.5 Å². The molecular formula is C27H31ClN2O6S. The Balaban J connectivity index is 1.51. The van der Waals surface area contributed by atoms with Crippen LogP contribution in [0.15, 0.2) is 29.2 Å². The lowest BCUT2D eigenvalue weighted by molar-refractivity contribution is -0.119. The van der Waals surface area contributed by atoms with E-state index < -0.39 is 15.8 Å². The average molecular weight is 547 g/mol. The average Bonchev–Trinajstić information content (AvgIpc) is 3.72. The van der Waals surface area contributed by atoms with E-state index >= 15 is 0 Å². The first-order valence-electron chi connectivity index (χ1n) is 12.7. The zero-order valence-electron chi connectivity index (χ0n) is 21.1. The Hall–Kier alpha value is -2.62. The highest BCUT2D eigenvalue weighted by Crippen LogP contribution is 2.45. The number of amides is 1. The van der Waals surface area contributed by atoms with Crippen molar-refractivity contribution in [3.8, 4) is 11.5 Å². The fraction of sp³-hybridized carbons (Fsp3) is 0.481. The third-order valence-electron chi connectivity index (χ3n) is 7.24. The van der Waals surface area contributed by atoms with Crippen molar-refractivity contribution in [3.63, 3.8) is 0 Å². The largest absolute Gasteiger partial charge is 0.465 e. The van der Waals surface area contributed by atoms with Gasteiger partial charge in [0.1, 0.15) is 16.4 Å². The predicted molar refractivity (Wildman–Crippen MR) is 140 cm³/mol. The molecule has 2 heterocycles. The number of carbonyl (C=O) groups excluding carboxylic acids is 2. The number of fused-ring (bicyclic) bond motifs is 2. The van der Waals surface area contributed by atoms with Crippen LogP contribution in [0, 0.1) is 12.8 Å². The van der Waals surface area contributed by atoms with Crippen LogP contribution in [0.2, 0.25) is 5.02 Å². The van der Waals surface area contributed by atoms with Crippen LogP contribution >= 0.6 is 11.6 Å². The van der Waals surface area contributed by atoms with E-state index in [9.17, 15) is 18.0 Å². The number of rotatable bonds is 6. The van der Waals surface area contributed by atoms with Crippen molar-refractivity contribution in [3.05, 3.63) is 46.0 Å². The maximum absolute atomic E-state index is 13.5. The molecule has 1 amide bonds. The molecule has 0 aromatic heterocycles. The van der Waals surface area contributed by atoms with Crippen LogP contribution in [0.5, 0.6) is 11.5 Å². The van der Waals surface area contributed by atoms with Gasteiger partial charge in [0.05, 0.1) is 23.4 Å². The number of aryl methyl sites for hydroxylation is 1. The SMILES string of the molecule is COC(=O)c1cc(C)c2c(c1)S(=O)(=O)Cc1cc(N(CCN3CCCCC3)C(=O)C3CC3)cc(Cl)c1O2. The van der Waals surface area contributed by atoms with E-state index in [4.69, 9.17) is 21.1 Å². The van der Waals surface area contributed by atoms with Gasteiger partial charge in [-0.25, -0.2) is 13.2 Å². The fourth-order valence-corrected chi connectivity index (χ4v) is 6.92. The molecular weight excluding hydrogens is 516 g/mol. The molecule has 0 bridgehead atoms. The van der Waals surface area contributed by atoms with Crippen molar-refractivity contribution < 1.29 is 27.5 Å². The second kappa shape index (κ2) is 10.3. The third kappa shape index (κ3) is 5.35. The number of methoxy groups -OCH3 is 1.